The lowest BCUT2D eigenvalue weighted by atomic mass is 9.87. The lowest BCUT2D eigenvalue weighted by Crippen LogP contribution is -2.26. The van der Waals surface area contributed by atoms with Gasteiger partial charge in [0.25, 0.3) is 0 Å². The van der Waals surface area contributed by atoms with Crippen LogP contribution in [0.2, 0.25) is 0 Å². The summed E-state index contributed by atoms with van der Waals surface area (Å²) in [5, 5.41) is 0. The zero-order chi connectivity index (χ0) is 19.1. The van der Waals surface area contributed by atoms with Gasteiger partial charge in [0.1, 0.15) is 17.8 Å². The Bertz CT molecular complexity index is 990. The number of sulfone groups is 1. The predicted molar refractivity (Wildman–Crippen MR) is 88.4 cm³/mol. The number of ether oxygens (including phenoxy) is 1. The molecule has 3 rings (SSSR count). The second kappa shape index (κ2) is 6.28. The van der Waals surface area contributed by atoms with Crippen molar-refractivity contribution in [3.8, 4) is 5.75 Å². The van der Waals surface area contributed by atoms with Crippen molar-refractivity contribution in [2.45, 2.75) is 17.0 Å². The minimum atomic E-state index is -4.80. The zero-order valence-electron chi connectivity index (χ0n) is 13.4. The predicted octanol–water partition coefficient (Wildman–Crippen LogP) is 3.74. The lowest BCUT2D eigenvalue weighted by molar-refractivity contribution is -0.115. The summed E-state index contributed by atoms with van der Waals surface area (Å²) in [5.74, 6) is -1.88. The molecule has 1 aliphatic rings. The van der Waals surface area contributed by atoms with Crippen LogP contribution < -0.4 is 4.74 Å². The first-order valence-electron chi connectivity index (χ1n) is 7.47. The van der Waals surface area contributed by atoms with Crippen molar-refractivity contribution in [1.82, 2.24) is 0 Å². The first-order valence-corrected chi connectivity index (χ1v) is 9.36. The molecule has 136 valence electrons. The van der Waals surface area contributed by atoms with Crippen molar-refractivity contribution in [2.75, 3.05) is 6.26 Å². The quantitative estimate of drug-likeness (QED) is 0.759. The molecular formula is C18H13F3O4S. The summed E-state index contributed by atoms with van der Waals surface area (Å²) in [6, 6.07) is 10.9. The van der Waals surface area contributed by atoms with E-state index >= 15 is 0 Å². The first kappa shape index (κ1) is 18.2. The highest BCUT2D eigenvalue weighted by molar-refractivity contribution is 7.90. The van der Waals surface area contributed by atoms with E-state index in [2.05, 4.69) is 0 Å². The van der Waals surface area contributed by atoms with E-state index < -0.39 is 33.3 Å². The number of para-hydroxylation sites is 1. The molecule has 0 aliphatic carbocycles. The highest BCUT2D eigenvalue weighted by atomic mass is 32.2. The average Bonchev–Trinajstić information content (AvgIpc) is 2.58. The maximum Gasteiger partial charge on any atom is 0.417 e. The Morgan fingerprint density at radius 1 is 1.04 bits per heavy atom. The summed E-state index contributed by atoms with van der Waals surface area (Å²) in [4.78, 5) is 11.4. The van der Waals surface area contributed by atoms with Crippen molar-refractivity contribution < 1.29 is 31.1 Å². The van der Waals surface area contributed by atoms with Crippen LogP contribution in [0.15, 0.2) is 59.0 Å². The van der Waals surface area contributed by atoms with Gasteiger partial charge in [-0.3, -0.25) is 0 Å². The number of rotatable bonds is 3. The Hall–Kier alpha value is -2.61. The van der Waals surface area contributed by atoms with Crippen molar-refractivity contribution in [1.29, 1.82) is 0 Å². The number of alkyl halides is 3. The summed E-state index contributed by atoms with van der Waals surface area (Å²) in [6.07, 6.45) is -3.57. The van der Waals surface area contributed by atoms with E-state index in [4.69, 9.17) is 4.74 Å². The van der Waals surface area contributed by atoms with Gasteiger partial charge >= 0.3 is 6.18 Å². The van der Waals surface area contributed by atoms with Crippen LogP contribution in [0.3, 0.4) is 0 Å². The molecule has 2 aromatic carbocycles. The van der Waals surface area contributed by atoms with Crippen LogP contribution in [0, 0.1) is 0 Å². The van der Waals surface area contributed by atoms with Crippen LogP contribution in [0.25, 0.3) is 5.76 Å². The summed E-state index contributed by atoms with van der Waals surface area (Å²) in [5.41, 5.74) is -0.948. The van der Waals surface area contributed by atoms with Gasteiger partial charge in [-0.2, -0.15) is 13.2 Å². The molecule has 0 N–H and O–H groups in total. The van der Waals surface area contributed by atoms with Gasteiger partial charge in [0.05, 0.1) is 16.4 Å². The molecule has 1 aliphatic heterocycles. The van der Waals surface area contributed by atoms with Crippen molar-refractivity contribution in [2.24, 2.45) is 0 Å². The standard InChI is InChI=1S/C18H13F3O4S/c1-26(23,24)12-8-6-11(7-9-12)17-16(18(19,20)21)14(10-22)13-4-2-3-5-15(13)25-17/h2-10,14H,1H3. The molecule has 26 heavy (non-hydrogen) atoms. The Labute approximate surface area is 147 Å². The van der Waals surface area contributed by atoms with Gasteiger partial charge in [0.2, 0.25) is 0 Å². The maximum atomic E-state index is 13.7. The fraction of sp³-hybridized carbons (Fsp3) is 0.167. The Morgan fingerprint density at radius 2 is 1.65 bits per heavy atom. The molecule has 0 aromatic heterocycles. The van der Waals surface area contributed by atoms with Gasteiger partial charge in [0.15, 0.2) is 9.84 Å². The van der Waals surface area contributed by atoms with Gasteiger partial charge in [0, 0.05) is 17.4 Å². The highest BCUT2D eigenvalue weighted by Crippen LogP contribution is 2.47. The van der Waals surface area contributed by atoms with E-state index in [1.165, 1.54) is 42.5 Å². The van der Waals surface area contributed by atoms with E-state index in [0.29, 0.717) is 0 Å². The normalized spacial score (nSPS) is 17.5. The number of benzene rings is 2. The van der Waals surface area contributed by atoms with Crippen molar-refractivity contribution >= 4 is 21.9 Å². The first-order chi connectivity index (χ1) is 12.1. The lowest BCUT2D eigenvalue weighted by Gasteiger charge is -2.29. The molecule has 0 radical (unpaired) electrons. The van der Waals surface area contributed by atoms with E-state index in [0.717, 1.165) is 6.26 Å². The monoisotopic (exact) mass is 382 g/mol. The fourth-order valence-electron chi connectivity index (χ4n) is 2.81. The van der Waals surface area contributed by atoms with Crippen LogP contribution in [-0.2, 0) is 14.6 Å². The largest absolute Gasteiger partial charge is 0.456 e. The molecule has 1 atom stereocenters. The molecule has 0 amide bonds. The molecular weight excluding hydrogens is 369 g/mol. The Kier molecular flexibility index (Phi) is 4.39. The molecule has 4 nitrogen and oxygen atoms in total. The molecule has 8 heteroatoms. The van der Waals surface area contributed by atoms with Crippen LogP contribution in [0.1, 0.15) is 17.0 Å². The average molecular weight is 382 g/mol. The number of fused-ring (bicyclic) bond motifs is 1. The number of carbonyl (C=O) groups excluding carboxylic acids is 1. The molecule has 0 bridgehead atoms. The molecule has 0 spiro atoms. The number of carbonyl (C=O) groups is 1. The Balaban J connectivity index is 2.21. The minimum absolute atomic E-state index is 0.0291. The van der Waals surface area contributed by atoms with Gasteiger partial charge in [-0.15, -0.1) is 0 Å². The van der Waals surface area contributed by atoms with Crippen molar-refractivity contribution in [3.63, 3.8) is 0 Å². The SMILES string of the molecule is CS(=O)(=O)c1ccc(C2=C(C(F)(F)F)C(C=O)c3ccccc3O2)cc1. The highest BCUT2D eigenvalue weighted by Gasteiger charge is 2.46. The molecule has 1 unspecified atom stereocenters. The van der Waals surface area contributed by atoms with Gasteiger partial charge in [-0.1, -0.05) is 18.2 Å². The number of halogens is 3. The van der Waals surface area contributed by atoms with E-state index in [1.807, 2.05) is 0 Å². The van der Waals surface area contributed by atoms with Crippen LogP contribution in [0.5, 0.6) is 5.75 Å². The van der Waals surface area contributed by atoms with E-state index in [1.54, 1.807) is 6.07 Å². The number of hydrogen-bond donors (Lipinski definition) is 0. The summed E-state index contributed by atoms with van der Waals surface area (Å²) < 4.78 is 69.6. The molecule has 2 aromatic rings. The molecule has 1 heterocycles. The third-order valence-corrected chi connectivity index (χ3v) is 5.14. The number of aldehydes is 1. The van der Waals surface area contributed by atoms with Gasteiger partial charge in [-0.05, 0) is 30.3 Å². The summed E-state index contributed by atoms with van der Waals surface area (Å²) >= 11 is 0. The number of hydrogen-bond acceptors (Lipinski definition) is 4. The Morgan fingerprint density at radius 3 is 2.19 bits per heavy atom. The van der Waals surface area contributed by atoms with Crippen LogP contribution in [-0.4, -0.2) is 27.1 Å². The third kappa shape index (κ3) is 3.24. The second-order valence-electron chi connectivity index (χ2n) is 5.79. The second-order valence-corrected chi connectivity index (χ2v) is 7.81. The topological polar surface area (TPSA) is 60.4 Å². The number of allylic oxidation sites excluding steroid dienone is 1. The minimum Gasteiger partial charge on any atom is -0.456 e. The summed E-state index contributed by atoms with van der Waals surface area (Å²) in [7, 11) is -3.49. The van der Waals surface area contributed by atoms with Gasteiger partial charge in [-0.25, -0.2) is 8.42 Å². The van der Waals surface area contributed by atoms with E-state index in [-0.39, 0.29) is 28.1 Å². The van der Waals surface area contributed by atoms with Gasteiger partial charge < -0.3 is 9.53 Å². The molecule has 0 saturated carbocycles. The van der Waals surface area contributed by atoms with Crippen molar-refractivity contribution in [3.05, 3.63) is 65.2 Å². The van der Waals surface area contributed by atoms with Crippen LogP contribution in [0.4, 0.5) is 13.2 Å². The summed E-state index contributed by atoms with van der Waals surface area (Å²) in [6.45, 7) is 0. The fourth-order valence-corrected chi connectivity index (χ4v) is 3.44. The smallest absolute Gasteiger partial charge is 0.417 e. The van der Waals surface area contributed by atoms with E-state index in [9.17, 15) is 26.4 Å². The molecule has 0 saturated heterocycles. The maximum absolute atomic E-state index is 13.7. The van der Waals surface area contributed by atoms with Crippen LogP contribution >= 0.6 is 0 Å². The zero-order valence-corrected chi connectivity index (χ0v) is 14.3. The third-order valence-electron chi connectivity index (χ3n) is 4.01. The molecule has 0 fully saturated rings.